The molecule has 1 aromatic carbocycles. The Morgan fingerprint density at radius 2 is 2.13 bits per heavy atom. The molecule has 1 aromatic heterocycles. The van der Waals surface area contributed by atoms with Crippen molar-refractivity contribution in [3.05, 3.63) is 50.8 Å². The average Bonchev–Trinajstić information content (AvgIpc) is 3.08. The van der Waals surface area contributed by atoms with E-state index in [2.05, 4.69) is 10.3 Å². The maximum absolute atomic E-state index is 11.2. The lowest BCUT2D eigenvalue weighted by Gasteiger charge is -2.21. The maximum Gasteiger partial charge on any atom is 0.406 e. The van der Waals surface area contributed by atoms with Gasteiger partial charge in [-0.3, -0.25) is 4.57 Å². The van der Waals surface area contributed by atoms with Gasteiger partial charge in [-0.2, -0.15) is 0 Å². The molecule has 1 fully saturated rings. The topological polar surface area (TPSA) is 82.2 Å². The fourth-order valence-electron chi connectivity index (χ4n) is 2.78. The van der Waals surface area contributed by atoms with Crippen molar-refractivity contribution in [2.24, 2.45) is 7.05 Å². The van der Waals surface area contributed by atoms with E-state index in [1.807, 2.05) is 24.3 Å². The molecule has 1 aliphatic rings. The summed E-state index contributed by atoms with van der Waals surface area (Å²) in [4.78, 5) is 14.7. The molecule has 1 saturated heterocycles. The van der Waals surface area contributed by atoms with E-state index in [0.717, 1.165) is 12.0 Å². The molecule has 0 spiro atoms. The molecular weight excluding hydrogens is 320 g/mol. The Bertz CT molecular complexity index is 729. The summed E-state index contributed by atoms with van der Waals surface area (Å²) in [5, 5.41) is 15.1. The van der Waals surface area contributed by atoms with Gasteiger partial charge < -0.3 is 20.2 Å². The Morgan fingerprint density at radius 3 is 2.78 bits per heavy atom. The number of rotatable bonds is 4. The van der Waals surface area contributed by atoms with E-state index in [9.17, 15) is 10.1 Å². The molecule has 0 aliphatic carbocycles. The summed E-state index contributed by atoms with van der Waals surface area (Å²) >= 11 is 5.92. The van der Waals surface area contributed by atoms with Crippen LogP contribution in [0.25, 0.3) is 0 Å². The van der Waals surface area contributed by atoms with Gasteiger partial charge in [0.1, 0.15) is 6.10 Å². The first kappa shape index (κ1) is 15.8. The SMILES string of the molecule is Cc1nc([N+](=O)[O-])c(NC2CCOC2c2ccc(Cl)cc2)n1C. The van der Waals surface area contributed by atoms with Crippen LogP contribution < -0.4 is 5.32 Å². The third-order valence-corrected chi connectivity index (χ3v) is 4.34. The van der Waals surface area contributed by atoms with E-state index in [0.29, 0.717) is 23.3 Å². The average molecular weight is 337 g/mol. The number of aryl methyl sites for hydroxylation is 1. The minimum absolute atomic E-state index is 0.0651. The molecule has 1 aliphatic heterocycles. The lowest BCUT2D eigenvalue weighted by molar-refractivity contribution is -0.388. The van der Waals surface area contributed by atoms with E-state index < -0.39 is 4.92 Å². The van der Waals surface area contributed by atoms with Crippen molar-refractivity contribution in [1.82, 2.24) is 9.55 Å². The van der Waals surface area contributed by atoms with E-state index >= 15 is 0 Å². The van der Waals surface area contributed by atoms with Crippen LogP contribution in [0.4, 0.5) is 11.6 Å². The van der Waals surface area contributed by atoms with Gasteiger partial charge >= 0.3 is 5.82 Å². The molecule has 8 heteroatoms. The van der Waals surface area contributed by atoms with Gasteiger partial charge in [-0.1, -0.05) is 23.7 Å². The van der Waals surface area contributed by atoms with Gasteiger partial charge in [0.15, 0.2) is 0 Å². The summed E-state index contributed by atoms with van der Waals surface area (Å²) in [5.41, 5.74) is 0.992. The second kappa shape index (κ2) is 6.17. The van der Waals surface area contributed by atoms with Gasteiger partial charge in [-0.15, -0.1) is 0 Å². The fourth-order valence-corrected chi connectivity index (χ4v) is 2.90. The third kappa shape index (κ3) is 3.02. The summed E-state index contributed by atoms with van der Waals surface area (Å²) in [6, 6.07) is 7.38. The third-order valence-electron chi connectivity index (χ3n) is 4.09. The van der Waals surface area contributed by atoms with Crippen LogP contribution in [0.2, 0.25) is 5.02 Å². The standard InChI is InChI=1S/C15H17ClN4O3/c1-9-17-15(20(21)22)14(19(9)2)18-12-7-8-23-13(12)10-3-5-11(16)6-4-10/h3-6,12-13,18H,7-8H2,1-2H3. The van der Waals surface area contributed by atoms with Crippen LogP contribution in [-0.2, 0) is 11.8 Å². The van der Waals surface area contributed by atoms with Crippen LogP contribution in [0.3, 0.4) is 0 Å². The summed E-state index contributed by atoms with van der Waals surface area (Å²) in [6.07, 6.45) is 0.580. The number of imidazole rings is 1. The Kier molecular flexibility index (Phi) is 4.23. The molecule has 0 amide bonds. The van der Waals surface area contributed by atoms with Crippen LogP contribution in [0.1, 0.15) is 23.9 Å². The first-order chi connectivity index (χ1) is 11.0. The highest BCUT2D eigenvalue weighted by atomic mass is 35.5. The molecule has 2 unspecified atom stereocenters. The Labute approximate surface area is 138 Å². The molecule has 2 heterocycles. The van der Waals surface area contributed by atoms with Crippen LogP contribution >= 0.6 is 11.6 Å². The van der Waals surface area contributed by atoms with Gasteiger partial charge in [-0.05, 0) is 34.0 Å². The van der Waals surface area contributed by atoms with Crippen molar-refractivity contribution < 1.29 is 9.66 Å². The largest absolute Gasteiger partial charge is 0.406 e. The van der Waals surface area contributed by atoms with Crippen molar-refractivity contribution in [3.8, 4) is 0 Å². The zero-order chi connectivity index (χ0) is 16.6. The van der Waals surface area contributed by atoms with E-state index in [-0.39, 0.29) is 18.0 Å². The number of anilines is 1. The molecule has 23 heavy (non-hydrogen) atoms. The predicted molar refractivity (Wildman–Crippen MR) is 86.8 cm³/mol. The second-order valence-electron chi connectivity index (χ2n) is 5.53. The lowest BCUT2D eigenvalue weighted by Crippen LogP contribution is -2.25. The van der Waals surface area contributed by atoms with Crippen LogP contribution in [0.5, 0.6) is 0 Å². The fraction of sp³-hybridized carbons (Fsp3) is 0.400. The van der Waals surface area contributed by atoms with E-state index in [1.165, 1.54) is 0 Å². The molecule has 2 atom stereocenters. The number of aromatic nitrogens is 2. The normalized spacial score (nSPS) is 20.7. The number of hydrogen-bond donors (Lipinski definition) is 1. The van der Waals surface area contributed by atoms with Crippen LogP contribution in [0.15, 0.2) is 24.3 Å². The summed E-state index contributed by atoms with van der Waals surface area (Å²) in [6.45, 7) is 2.33. The molecular formula is C15H17ClN4O3. The number of nitrogens with zero attached hydrogens (tertiary/aromatic N) is 3. The summed E-state index contributed by atoms with van der Waals surface area (Å²) in [7, 11) is 1.75. The molecule has 0 radical (unpaired) electrons. The van der Waals surface area contributed by atoms with Crippen molar-refractivity contribution >= 4 is 23.2 Å². The first-order valence-electron chi connectivity index (χ1n) is 7.28. The quantitative estimate of drug-likeness (QED) is 0.684. The Hall–Kier alpha value is -2.12. The molecule has 3 rings (SSSR count). The highest BCUT2D eigenvalue weighted by molar-refractivity contribution is 6.30. The number of ether oxygens (including phenoxy) is 1. The smallest absolute Gasteiger partial charge is 0.371 e. The van der Waals surface area contributed by atoms with E-state index in [4.69, 9.17) is 16.3 Å². The van der Waals surface area contributed by atoms with Gasteiger partial charge in [0, 0.05) is 25.6 Å². The van der Waals surface area contributed by atoms with Gasteiger partial charge in [0.25, 0.3) is 0 Å². The summed E-state index contributed by atoms with van der Waals surface area (Å²) < 4.78 is 7.50. The molecule has 2 aromatic rings. The van der Waals surface area contributed by atoms with Crippen molar-refractivity contribution in [3.63, 3.8) is 0 Å². The zero-order valence-electron chi connectivity index (χ0n) is 12.8. The van der Waals surface area contributed by atoms with Gasteiger partial charge in [0.05, 0.1) is 6.04 Å². The van der Waals surface area contributed by atoms with Crippen molar-refractivity contribution in [1.29, 1.82) is 0 Å². The highest BCUT2D eigenvalue weighted by Gasteiger charge is 2.33. The minimum atomic E-state index is -0.470. The van der Waals surface area contributed by atoms with Crippen molar-refractivity contribution in [2.75, 3.05) is 11.9 Å². The number of halogens is 1. The van der Waals surface area contributed by atoms with Crippen molar-refractivity contribution in [2.45, 2.75) is 25.5 Å². The molecule has 0 saturated carbocycles. The lowest BCUT2D eigenvalue weighted by atomic mass is 10.0. The van der Waals surface area contributed by atoms with E-state index in [1.54, 1.807) is 18.5 Å². The maximum atomic E-state index is 11.2. The van der Waals surface area contributed by atoms with Crippen LogP contribution in [-0.4, -0.2) is 27.1 Å². The highest BCUT2D eigenvalue weighted by Crippen LogP contribution is 2.34. The molecule has 7 nitrogen and oxygen atoms in total. The molecule has 122 valence electrons. The zero-order valence-corrected chi connectivity index (χ0v) is 13.6. The predicted octanol–water partition coefficient (Wildman–Crippen LogP) is 3.23. The number of nitrogens with one attached hydrogen (secondary N) is 1. The molecule has 0 bridgehead atoms. The molecule has 1 N–H and O–H groups in total. The first-order valence-corrected chi connectivity index (χ1v) is 7.66. The second-order valence-corrected chi connectivity index (χ2v) is 5.97. The Morgan fingerprint density at radius 1 is 1.43 bits per heavy atom. The number of hydrogen-bond acceptors (Lipinski definition) is 5. The van der Waals surface area contributed by atoms with Gasteiger partial charge in [0.2, 0.25) is 11.6 Å². The minimum Gasteiger partial charge on any atom is -0.371 e. The Balaban J connectivity index is 1.87. The number of benzene rings is 1. The van der Waals surface area contributed by atoms with Gasteiger partial charge in [-0.25, -0.2) is 0 Å². The van der Waals surface area contributed by atoms with Crippen LogP contribution in [0, 0.1) is 17.0 Å². The number of nitro groups is 1. The monoisotopic (exact) mass is 336 g/mol. The summed E-state index contributed by atoms with van der Waals surface area (Å²) in [5.74, 6) is 0.829.